The Labute approximate surface area is 148 Å². The predicted molar refractivity (Wildman–Crippen MR) is 96.9 cm³/mol. The fourth-order valence-electron chi connectivity index (χ4n) is 8.37. The van der Waals surface area contributed by atoms with Gasteiger partial charge in [0.05, 0.1) is 0 Å². The Morgan fingerprint density at radius 3 is 2.46 bits per heavy atom. The number of hydrogen-bond acceptors (Lipinski definition) is 1. The van der Waals surface area contributed by atoms with Crippen LogP contribution in [-0.2, 0) is 0 Å². The number of rotatable bonds is 2. The number of quaternary nitrogens is 1. The highest BCUT2D eigenvalue weighted by atomic mass is 16.3. The fourth-order valence-corrected chi connectivity index (χ4v) is 8.37. The zero-order chi connectivity index (χ0) is 16.6. The molecule has 7 atom stereocenters. The van der Waals surface area contributed by atoms with E-state index in [-0.39, 0.29) is 11.0 Å². The fraction of sp³-hybridized carbons (Fsp3) is 1.00. The van der Waals surface area contributed by atoms with Gasteiger partial charge in [-0.05, 0) is 80.5 Å². The van der Waals surface area contributed by atoms with Gasteiger partial charge >= 0.3 is 0 Å². The van der Waals surface area contributed by atoms with Crippen LogP contribution in [0, 0.1) is 34.5 Å². The van der Waals surface area contributed by atoms with E-state index >= 15 is 0 Å². The third kappa shape index (κ3) is 2.08. The van der Waals surface area contributed by atoms with Gasteiger partial charge in [-0.15, -0.1) is 0 Å². The smallest absolute Gasteiger partial charge is 0.127 e. The highest BCUT2D eigenvalue weighted by Gasteiger charge is 2.65. The highest BCUT2D eigenvalue weighted by molar-refractivity contribution is 5.13. The van der Waals surface area contributed by atoms with Crippen molar-refractivity contribution in [2.75, 3.05) is 19.6 Å². The molecule has 0 amide bonds. The summed E-state index contributed by atoms with van der Waals surface area (Å²) < 4.78 is 0. The summed E-state index contributed by atoms with van der Waals surface area (Å²) in [5, 5.41) is 11.6. The summed E-state index contributed by atoms with van der Waals surface area (Å²) in [5.41, 5.74) is 0.481. The quantitative estimate of drug-likeness (QED) is 0.747. The summed E-state index contributed by atoms with van der Waals surface area (Å²) in [6.07, 6.45) is 14.0. The molecular weight excluding hydrogens is 294 g/mol. The molecule has 2 N–H and O–H groups in total. The van der Waals surface area contributed by atoms with Gasteiger partial charge in [0.25, 0.3) is 0 Å². The Hall–Kier alpha value is -0.0800. The molecule has 0 bridgehead atoms. The van der Waals surface area contributed by atoms with Crippen LogP contribution in [0.1, 0.15) is 78.1 Å². The highest BCUT2D eigenvalue weighted by Crippen LogP contribution is 2.68. The van der Waals surface area contributed by atoms with E-state index in [4.69, 9.17) is 0 Å². The van der Waals surface area contributed by atoms with Crippen LogP contribution in [0.3, 0.4) is 0 Å². The molecule has 2 nitrogen and oxygen atoms in total. The lowest BCUT2D eigenvalue weighted by Crippen LogP contribution is -2.96. The van der Waals surface area contributed by atoms with E-state index < -0.39 is 0 Å². The Kier molecular flexibility index (Phi) is 3.51. The Balaban J connectivity index is 1.43. The molecule has 5 aliphatic rings. The van der Waals surface area contributed by atoms with Crippen LogP contribution in [0.4, 0.5) is 0 Å². The summed E-state index contributed by atoms with van der Waals surface area (Å²) >= 11 is 0. The van der Waals surface area contributed by atoms with Gasteiger partial charge in [0, 0.05) is 5.41 Å². The van der Waals surface area contributed by atoms with E-state index in [2.05, 4.69) is 13.8 Å². The predicted octanol–water partition coefficient (Wildman–Crippen LogP) is 3.05. The Bertz CT molecular complexity index is 516. The number of aliphatic hydroxyl groups is 1. The molecule has 4 aliphatic carbocycles. The van der Waals surface area contributed by atoms with Gasteiger partial charge in [-0.1, -0.05) is 26.7 Å². The summed E-state index contributed by atoms with van der Waals surface area (Å²) in [6.45, 7) is 8.79. The van der Waals surface area contributed by atoms with Crippen molar-refractivity contribution in [3.8, 4) is 0 Å². The van der Waals surface area contributed by atoms with Gasteiger partial charge in [-0.2, -0.15) is 0 Å². The zero-order valence-electron chi connectivity index (χ0n) is 15.9. The van der Waals surface area contributed by atoms with Gasteiger partial charge < -0.3 is 10.0 Å². The summed E-state index contributed by atoms with van der Waals surface area (Å²) in [4.78, 5) is 1.66. The average Bonchev–Trinajstić information content (AvgIpc) is 3.32. The van der Waals surface area contributed by atoms with Crippen molar-refractivity contribution in [3.05, 3.63) is 0 Å². The first-order chi connectivity index (χ1) is 11.5. The first-order valence-electron chi connectivity index (χ1n) is 11.0. The third-order valence-corrected chi connectivity index (χ3v) is 10.1. The van der Waals surface area contributed by atoms with Gasteiger partial charge in [-0.3, -0.25) is 0 Å². The molecule has 5 fully saturated rings. The lowest BCUT2D eigenvalue weighted by molar-refractivity contribution is -0.770. The van der Waals surface area contributed by atoms with Crippen LogP contribution < -0.4 is 4.90 Å². The summed E-state index contributed by atoms with van der Waals surface area (Å²) in [7, 11) is 0. The summed E-state index contributed by atoms with van der Waals surface area (Å²) in [6, 6.07) is 0. The lowest BCUT2D eigenvalue weighted by atomic mass is 9.44. The molecule has 0 aromatic carbocycles. The molecule has 0 aromatic heterocycles. The molecular formula is C22H38NO+. The molecule has 4 saturated carbocycles. The monoisotopic (exact) mass is 332 g/mol. The standard InChI is InChI=1S/C22H37NO/c1-20-10-4-3-5-16(20)6-7-17-18(20)8-11-21(2)19(17)9-12-22(21,24)15-23-13-14-23/h16-19,24H,3-15H2,1-2H3/p+1/t16-,17-,18-,19+,20-,21-,22+/m0/s1. The maximum Gasteiger partial charge on any atom is 0.127 e. The SMILES string of the molecule is C[C@]12CCCC[C@H]1CC[C@@H]1[C@H]3CC[C@@](O)(C[NH+]4CC4)[C@@]3(C)CC[C@@H]12. The van der Waals surface area contributed by atoms with Crippen molar-refractivity contribution >= 4 is 0 Å². The van der Waals surface area contributed by atoms with E-state index in [0.29, 0.717) is 5.41 Å². The van der Waals surface area contributed by atoms with Crippen molar-refractivity contribution in [1.29, 1.82) is 0 Å². The molecule has 0 aromatic rings. The van der Waals surface area contributed by atoms with Crippen LogP contribution in [0.15, 0.2) is 0 Å². The van der Waals surface area contributed by atoms with E-state index in [1.165, 1.54) is 70.9 Å². The summed E-state index contributed by atoms with van der Waals surface area (Å²) in [5.74, 6) is 3.70. The van der Waals surface area contributed by atoms with Crippen molar-refractivity contribution in [3.63, 3.8) is 0 Å². The minimum Gasteiger partial charge on any atom is -0.383 e. The number of nitrogens with one attached hydrogen (secondary N) is 1. The minimum absolute atomic E-state index is 0.210. The molecule has 1 saturated heterocycles. The lowest BCUT2D eigenvalue weighted by Gasteiger charge is -2.61. The van der Waals surface area contributed by atoms with Gasteiger partial charge in [0.2, 0.25) is 0 Å². The number of hydrogen-bond donors (Lipinski definition) is 2. The molecule has 1 aliphatic heterocycles. The van der Waals surface area contributed by atoms with Gasteiger partial charge in [-0.25, -0.2) is 0 Å². The molecule has 0 unspecified atom stereocenters. The Morgan fingerprint density at radius 1 is 0.875 bits per heavy atom. The molecule has 136 valence electrons. The van der Waals surface area contributed by atoms with Gasteiger partial charge in [0.1, 0.15) is 25.2 Å². The molecule has 5 rings (SSSR count). The second kappa shape index (κ2) is 5.22. The van der Waals surface area contributed by atoms with Crippen LogP contribution in [0.25, 0.3) is 0 Å². The molecule has 2 heteroatoms. The maximum absolute atomic E-state index is 11.6. The third-order valence-electron chi connectivity index (χ3n) is 10.1. The zero-order valence-corrected chi connectivity index (χ0v) is 15.9. The van der Waals surface area contributed by atoms with Crippen molar-refractivity contribution < 1.29 is 10.0 Å². The largest absolute Gasteiger partial charge is 0.383 e. The normalized spacial score (nSPS) is 57.1. The van der Waals surface area contributed by atoms with Crippen molar-refractivity contribution in [1.82, 2.24) is 0 Å². The van der Waals surface area contributed by atoms with Crippen LogP contribution in [0.5, 0.6) is 0 Å². The van der Waals surface area contributed by atoms with Gasteiger partial charge in [0.15, 0.2) is 0 Å². The molecule has 24 heavy (non-hydrogen) atoms. The second-order valence-corrected chi connectivity index (χ2v) is 10.9. The van der Waals surface area contributed by atoms with Crippen molar-refractivity contribution in [2.45, 2.75) is 83.7 Å². The second-order valence-electron chi connectivity index (χ2n) is 10.9. The topological polar surface area (TPSA) is 24.7 Å². The van der Waals surface area contributed by atoms with Crippen LogP contribution in [0.2, 0.25) is 0 Å². The Morgan fingerprint density at radius 2 is 1.67 bits per heavy atom. The first-order valence-corrected chi connectivity index (χ1v) is 11.0. The maximum atomic E-state index is 11.6. The van der Waals surface area contributed by atoms with Crippen LogP contribution >= 0.6 is 0 Å². The first kappa shape index (κ1) is 16.1. The van der Waals surface area contributed by atoms with E-state index in [1.807, 2.05) is 0 Å². The molecule has 0 radical (unpaired) electrons. The van der Waals surface area contributed by atoms with E-state index in [0.717, 1.165) is 36.6 Å². The molecule has 1 heterocycles. The average molecular weight is 333 g/mol. The number of fused-ring (bicyclic) bond motifs is 5. The van der Waals surface area contributed by atoms with E-state index in [9.17, 15) is 5.11 Å². The van der Waals surface area contributed by atoms with Crippen LogP contribution in [-0.4, -0.2) is 30.3 Å². The molecule has 0 spiro atoms. The van der Waals surface area contributed by atoms with E-state index in [1.54, 1.807) is 4.90 Å². The minimum atomic E-state index is -0.362. The van der Waals surface area contributed by atoms with Crippen molar-refractivity contribution in [2.24, 2.45) is 34.5 Å².